The first kappa shape index (κ1) is 11.7. The van der Waals surface area contributed by atoms with Crippen LogP contribution in [0.2, 0.25) is 0 Å². The molecule has 4 rings (SSSR count). The van der Waals surface area contributed by atoms with Crippen LogP contribution in [0, 0.1) is 0 Å². The van der Waals surface area contributed by atoms with Crippen molar-refractivity contribution in [2.45, 2.75) is 19.3 Å². The van der Waals surface area contributed by atoms with E-state index in [2.05, 4.69) is 41.4 Å². The molecular formula is C15H14N4S. The highest BCUT2D eigenvalue weighted by molar-refractivity contribution is 7.15. The first-order valence-electron chi connectivity index (χ1n) is 6.62. The fourth-order valence-electron chi connectivity index (χ4n) is 2.81. The van der Waals surface area contributed by atoms with Crippen LogP contribution in [0.5, 0.6) is 0 Å². The Balaban J connectivity index is 1.91. The Morgan fingerprint density at radius 3 is 2.95 bits per heavy atom. The molecule has 2 heterocycles. The molecule has 0 fully saturated rings. The molecule has 1 aromatic carbocycles. The summed E-state index contributed by atoms with van der Waals surface area (Å²) in [6.07, 6.45) is 2.79. The number of anilines is 1. The van der Waals surface area contributed by atoms with E-state index in [1.165, 1.54) is 16.0 Å². The summed E-state index contributed by atoms with van der Waals surface area (Å²) in [6, 6.07) is 8.54. The molecule has 0 spiro atoms. The molecule has 0 bridgehead atoms. The molecule has 5 heteroatoms. The highest BCUT2D eigenvalue weighted by Gasteiger charge is 2.26. The van der Waals surface area contributed by atoms with Crippen LogP contribution in [0.4, 0.5) is 5.82 Å². The van der Waals surface area contributed by atoms with E-state index in [9.17, 15) is 0 Å². The highest BCUT2D eigenvalue weighted by atomic mass is 32.1. The minimum Gasteiger partial charge on any atom is -0.383 e. The average Bonchev–Trinajstić information content (AvgIpc) is 3.05. The third-order valence-corrected chi connectivity index (χ3v) is 4.95. The van der Waals surface area contributed by atoms with Gasteiger partial charge < -0.3 is 5.73 Å². The highest BCUT2D eigenvalue weighted by Crippen LogP contribution is 2.44. The molecule has 3 aromatic rings. The molecule has 20 heavy (non-hydrogen) atoms. The molecule has 1 aliphatic rings. The monoisotopic (exact) mass is 282 g/mol. The second-order valence-corrected chi connectivity index (χ2v) is 6.26. The van der Waals surface area contributed by atoms with Crippen molar-refractivity contribution in [1.29, 1.82) is 0 Å². The zero-order valence-corrected chi connectivity index (χ0v) is 11.9. The van der Waals surface area contributed by atoms with E-state index in [-0.39, 0.29) is 0 Å². The van der Waals surface area contributed by atoms with Gasteiger partial charge in [0.05, 0.1) is 17.5 Å². The maximum Gasteiger partial charge on any atom is 0.129 e. The van der Waals surface area contributed by atoms with E-state index >= 15 is 0 Å². The molecule has 1 atom stereocenters. The van der Waals surface area contributed by atoms with Crippen LogP contribution < -0.4 is 5.73 Å². The average molecular weight is 282 g/mol. The fraction of sp³-hybridized carbons (Fsp3) is 0.200. The lowest BCUT2D eigenvalue weighted by atomic mass is 9.86. The smallest absolute Gasteiger partial charge is 0.129 e. The van der Waals surface area contributed by atoms with Crippen molar-refractivity contribution in [2.24, 2.45) is 0 Å². The molecule has 1 unspecified atom stereocenters. The van der Waals surface area contributed by atoms with Gasteiger partial charge >= 0.3 is 0 Å². The van der Waals surface area contributed by atoms with E-state index in [1.807, 2.05) is 0 Å². The Labute approximate surface area is 120 Å². The summed E-state index contributed by atoms with van der Waals surface area (Å²) in [4.78, 5) is 6.15. The summed E-state index contributed by atoms with van der Waals surface area (Å²) in [5.74, 6) is 1.12. The Kier molecular flexibility index (Phi) is 2.44. The number of aromatic amines is 1. The summed E-state index contributed by atoms with van der Waals surface area (Å²) in [6.45, 7) is 2.27. The van der Waals surface area contributed by atoms with Crippen LogP contribution in [0.3, 0.4) is 0 Å². The van der Waals surface area contributed by atoms with Gasteiger partial charge in [0.15, 0.2) is 0 Å². The summed E-state index contributed by atoms with van der Waals surface area (Å²) in [5, 5.41) is 7.70. The maximum absolute atomic E-state index is 5.90. The third-order valence-electron chi connectivity index (χ3n) is 3.83. The van der Waals surface area contributed by atoms with Gasteiger partial charge in [-0.05, 0) is 17.9 Å². The molecule has 1 aliphatic carbocycles. The third kappa shape index (κ3) is 1.59. The number of aromatic nitrogens is 3. The molecule has 0 saturated carbocycles. The number of nitrogens with two attached hydrogens (primary N) is 1. The quantitative estimate of drug-likeness (QED) is 0.718. The van der Waals surface area contributed by atoms with E-state index < -0.39 is 0 Å². The minimum atomic E-state index is 0.536. The van der Waals surface area contributed by atoms with E-state index in [1.54, 1.807) is 17.5 Å². The van der Waals surface area contributed by atoms with Gasteiger partial charge in [-0.25, -0.2) is 4.98 Å². The molecule has 4 nitrogen and oxygen atoms in total. The number of nitrogens with zero attached hydrogens (tertiary/aromatic N) is 2. The first-order valence-corrected chi connectivity index (χ1v) is 7.44. The van der Waals surface area contributed by atoms with Crippen molar-refractivity contribution in [2.75, 3.05) is 5.73 Å². The fourth-order valence-corrected chi connectivity index (χ4v) is 4.04. The van der Waals surface area contributed by atoms with Gasteiger partial charge in [0.2, 0.25) is 0 Å². The molecule has 3 N–H and O–H groups in total. The lowest BCUT2D eigenvalue weighted by molar-refractivity contribution is 0.757. The summed E-state index contributed by atoms with van der Waals surface area (Å²) < 4.78 is 0. The lowest BCUT2D eigenvalue weighted by Crippen LogP contribution is -2.06. The molecule has 0 amide bonds. The van der Waals surface area contributed by atoms with E-state index in [0.29, 0.717) is 11.7 Å². The van der Waals surface area contributed by atoms with E-state index in [0.717, 1.165) is 22.7 Å². The number of hydrogen-bond donors (Lipinski definition) is 2. The van der Waals surface area contributed by atoms with Crippen LogP contribution >= 0.6 is 11.3 Å². The van der Waals surface area contributed by atoms with Crippen molar-refractivity contribution in [3.05, 3.63) is 40.9 Å². The largest absolute Gasteiger partial charge is 0.383 e. The van der Waals surface area contributed by atoms with Gasteiger partial charge in [-0.1, -0.05) is 31.2 Å². The molecule has 0 saturated heterocycles. The number of hydrogen-bond acceptors (Lipinski definition) is 4. The minimum absolute atomic E-state index is 0.536. The van der Waals surface area contributed by atoms with E-state index in [4.69, 9.17) is 10.7 Å². The summed E-state index contributed by atoms with van der Waals surface area (Å²) in [5.41, 5.74) is 10.6. The van der Waals surface area contributed by atoms with Crippen molar-refractivity contribution in [3.63, 3.8) is 0 Å². The lowest BCUT2D eigenvalue weighted by Gasteiger charge is -2.21. The second kappa shape index (κ2) is 4.18. The molecule has 0 radical (unpaired) electrons. The zero-order valence-electron chi connectivity index (χ0n) is 11.1. The number of thiazole rings is 1. The predicted molar refractivity (Wildman–Crippen MR) is 81.7 cm³/mol. The Bertz CT molecular complexity index is 787. The first-order chi connectivity index (χ1) is 9.74. The number of fused-ring (bicyclic) bond motifs is 3. The van der Waals surface area contributed by atoms with Gasteiger partial charge in [0.25, 0.3) is 0 Å². The molecule has 0 aliphatic heterocycles. The van der Waals surface area contributed by atoms with Crippen molar-refractivity contribution < 1.29 is 0 Å². The topological polar surface area (TPSA) is 67.6 Å². The van der Waals surface area contributed by atoms with Crippen molar-refractivity contribution in [3.8, 4) is 21.8 Å². The summed E-state index contributed by atoms with van der Waals surface area (Å²) in [7, 11) is 0. The number of benzene rings is 1. The van der Waals surface area contributed by atoms with Crippen molar-refractivity contribution >= 4 is 17.2 Å². The maximum atomic E-state index is 5.90. The number of nitrogens with one attached hydrogen (secondary N) is 1. The summed E-state index contributed by atoms with van der Waals surface area (Å²) >= 11 is 1.72. The Hall–Kier alpha value is -2.14. The van der Waals surface area contributed by atoms with Gasteiger partial charge in [0.1, 0.15) is 10.8 Å². The van der Waals surface area contributed by atoms with Crippen molar-refractivity contribution in [1.82, 2.24) is 15.2 Å². The van der Waals surface area contributed by atoms with Gasteiger partial charge in [-0.3, -0.25) is 5.10 Å². The van der Waals surface area contributed by atoms with Gasteiger partial charge in [-0.2, -0.15) is 5.10 Å². The Morgan fingerprint density at radius 1 is 1.30 bits per heavy atom. The molecule has 2 aromatic heterocycles. The Morgan fingerprint density at radius 2 is 2.15 bits per heavy atom. The van der Waals surface area contributed by atoms with Gasteiger partial charge in [-0.15, -0.1) is 11.3 Å². The van der Waals surface area contributed by atoms with Crippen LogP contribution in [-0.4, -0.2) is 15.2 Å². The van der Waals surface area contributed by atoms with Crippen LogP contribution in [0.1, 0.15) is 23.3 Å². The number of rotatable bonds is 1. The molecular weight excluding hydrogens is 268 g/mol. The van der Waals surface area contributed by atoms with Crippen LogP contribution in [0.15, 0.2) is 30.5 Å². The predicted octanol–water partition coefficient (Wildman–Crippen LogP) is 3.44. The molecule has 100 valence electrons. The standard InChI is InChI=1S/C15H14N4S/c1-8-6-12-13(10-5-3-2-4-9(8)10)18-15(20-12)11-7-17-19-14(11)16/h2-5,7-8H,6H2,1H3,(H3,16,17,19). The van der Waals surface area contributed by atoms with Crippen LogP contribution in [0.25, 0.3) is 21.8 Å². The normalized spacial score (nSPS) is 16.8. The van der Waals surface area contributed by atoms with Gasteiger partial charge in [0, 0.05) is 10.4 Å². The SMILES string of the molecule is CC1Cc2sc(-c3cn[nH]c3N)nc2-c2ccccc21. The van der Waals surface area contributed by atoms with Crippen LogP contribution in [-0.2, 0) is 6.42 Å². The zero-order chi connectivity index (χ0) is 13.7. The number of H-pyrrole nitrogens is 1. The number of nitrogen functional groups attached to an aromatic ring is 1. The second-order valence-electron chi connectivity index (χ2n) is 5.18.